The van der Waals surface area contributed by atoms with Crippen LogP contribution in [-0.4, -0.2) is 64.4 Å². The zero-order chi connectivity index (χ0) is 25.1. The molecule has 0 saturated carbocycles. The minimum atomic E-state index is 0.195. The first-order valence-corrected chi connectivity index (χ1v) is 11.9. The largest absolute Gasteiger partial charge is 0.492 e. The van der Waals surface area contributed by atoms with Crippen LogP contribution in [0.25, 0.3) is 16.6 Å². The molecule has 0 spiro atoms. The van der Waals surface area contributed by atoms with Gasteiger partial charge in [0.2, 0.25) is 5.88 Å². The predicted octanol–water partition coefficient (Wildman–Crippen LogP) is 2.97. The highest BCUT2D eigenvalue weighted by molar-refractivity contribution is 5.88. The van der Waals surface area contributed by atoms with Crippen molar-refractivity contribution in [1.82, 2.24) is 24.5 Å². The zero-order valence-corrected chi connectivity index (χ0v) is 20.4. The fraction of sp³-hybridized carbons (Fsp3) is 0.308. The summed E-state index contributed by atoms with van der Waals surface area (Å²) in [5.41, 5.74) is 9.84. The summed E-state index contributed by atoms with van der Waals surface area (Å²) in [6.07, 6.45) is 5.44. The Morgan fingerprint density at radius 1 is 1.08 bits per heavy atom. The monoisotopic (exact) mass is 484 g/mol. The minimum absolute atomic E-state index is 0.195. The first-order chi connectivity index (χ1) is 17.6. The normalized spacial score (nSPS) is 14.1. The molecule has 0 aliphatic carbocycles. The second kappa shape index (κ2) is 10.1. The second-order valence-corrected chi connectivity index (χ2v) is 8.56. The number of aromatic nitrogens is 4. The van der Waals surface area contributed by atoms with Crippen LogP contribution in [0.2, 0.25) is 0 Å². The Hall–Kier alpha value is -4.36. The van der Waals surface area contributed by atoms with Crippen molar-refractivity contribution in [2.75, 3.05) is 50.5 Å². The maximum absolute atomic E-state index is 9.65. The summed E-state index contributed by atoms with van der Waals surface area (Å²) in [7, 11) is 1.62. The average Bonchev–Trinajstić information content (AvgIpc) is 3.24. The molecular weight excluding hydrogens is 456 g/mol. The Morgan fingerprint density at radius 2 is 1.92 bits per heavy atom. The number of fused-ring (bicyclic) bond motifs is 1. The van der Waals surface area contributed by atoms with Crippen LogP contribution < -0.4 is 20.1 Å². The first-order valence-electron chi connectivity index (χ1n) is 11.9. The van der Waals surface area contributed by atoms with Gasteiger partial charge in [-0.1, -0.05) is 6.07 Å². The fourth-order valence-corrected chi connectivity index (χ4v) is 4.50. The molecule has 4 aromatic rings. The lowest BCUT2D eigenvalue weighted by molar-refractivity contribution is 0.249. The van der Waals surface area contributed by atoms with E-state index in [0.717, 1.165) is 49.7 Å². The standard InChI is InChI=1S/C26H28N8O2/c1-3-36-20-12-21(25-22(13-27)26(28)31-34(25)17-20)19-5-6-23(29-15-19)33-10-8-32(9-11-33)16-18-4-7-24(35-2)30-14-18/h4-7,12,14-15,17H,3,8-11,16H2,1-2H3,(H2,28,31). The molecule has 0 bridgehead atoms. The molecule has 0 unspecified atom stereocenters. The van der Waals surface area contributed by atoms with Crippen LogP contribution in [0.15, 0.2) is 48.9 Å². The number of ether oxygens (including phenoxy) is 2. The van der Waals surface area contributed by atoms with E-state index in [0.29, 0.717) is 29.3 Å². The number of nitrogens with two attached hydrogens (primary N) is 1. The molecule has 1 aliphatic rings. The summed E-state index contributed by atoms with van der Waals surface area (Å²) in [4.78, 5) is 13.8. The van der Waals surface area contributed by atoms with Crippen molar-refractivity contribution in [2.45, 2.75) is 13.5 Å². The zero-order valence-electron chi connectivity index (χ0n) is 20.4. The van der Waals surface area contributed by atoms with Crippen LogP contribution in [-0.2, 0) is 6.54 Å². The summed E-state index contributed by atoms with van der Waals surface area (Å²) in [5, 5.41) is 13.9. The third-order valence-electron chi connectivity index (χ3n) is 6.32. The number of nitrogen functional groups attached to an aromatic ring is 1. The highest BCUT2D eigenvalue weighted by Gasteiger charge is 2.20. The number of methoxy groups -OCH3 is 1. The number of nitriles is 1. The molecule has 184 valence electrons. The van der Waals surface area contributed by atoms with Crippen LogP contribution in [0.4, 0.5) is 11.6 Å². The summed E-state index contributed by atoms with van der Waals surface area (Å²) < 4.78 is 12.5. The van der Waals surface area contributed by atoms with Crippen LogP contribution in [0.5, 0.6) is 11.6 Å². The molecule has 36 heavy (non-hydrogen) atoms. The maximum atomic E-state index is 9.65. The van der Waals surface area contributed by atoms with Gasteiger partial charge < -0.3 is 20.1 Å². The molecule has 0 amide bonds. The molecular formula is C26H28N8O2. The molecule has 0 atom stereocenters. The maximum Gasteiger partial charge on any atom is 0.212 e. The fourth-order valence-electron chi connectivity index (χ4n) is 4.50. The van der Waals surface area contributed by atoms with E-state index in [4.69, 9.17) is 20.2 Å². The Kier molecular flexibility index (Phi) is 6.56. The van der Waals surface area contributed by atoms with E-state index < -0.39 is 0 Å². The number of piperazine rings is 1. The number of anilines is 2. The molecule has 10 nitrogen and oxygen atoms in total. The van der Waals surface area contributed by atoms with Crippen LogP contribution >= 0.6 is 0 Å². The Bertz CT molecular complexity index is 1380. The molecule has 2 N–H and O–H groups in total. The average molecular weight is 485 g/mol. The smallest absolute Gasteiger partial charge is 0.212 e. The third-order valence-corrected chi connectivity index (χ3v) is 6.32. The highest BCUT2D eigenvalue weighted by Crippen LogP contribution is 2.33. The van der Waals surface area contributed by atoms with Crippen molar-refractivity contribution in [3.8, 4) is 28.8 Å². The van der Waals surface area contributed by atoms with E-state index in [1.165, 1.54) is 5.56 Å². The van der Waals surface area contributed by atoms with Gasteiger partial charge in [-0.05, 0) is 30.7 Å². The van der Waals surface area contributed by atoms with Gasteiger partial charge in [-0.15, -0.1) is 5.10 Å². The SMILES string of the molecule is CCOc1cc(-c2ccc(N3CCN(Cc4ccc(OC)nc4)CC3)nc2)c2c(C#N)c(N)nn2c1. The lowest BCUT2D eigenvalue weighted by Crippen LogP contribution is -2.46. The van der Waals surface area contributed by atoms with E-state index in [9.17, 15) is 5.26 Å². The summed E-state index contributed by atoms with van der Waals surface area (Å²) in [5.74, 6) is 2.40. The van der Waals surface area contributed by atoms with Gasteiger partial charge in [0.1, 0.15) is 23.2 Å². The lowest BCUT2D eigenvalue weighted by atomic mass is 10.0. The molecule has 10 heteroatoms. The van der Waals surface area contributed by atoms with Gasteiger partial charge in [0.15, 0.2) is 5.82 Å². The van der Waals surface area contributed by atoms with Crippen molar-refractivity contribution in [2.24, 2.45) is 0 Å². The van der Waals surface area contributed by atoms with Gasteiger partial charge >= 0.3 is 0 Å². The summed E-state index contributed by atoms with van der Waals surface area (Å²) >= 11 is 0. The van der Waals surface area contributed by atoms with E-state index in [1.54, 1.807) is 17.8 Å². The molecule has 5 rings (SSSR count). The lowest BCUT2D eigenvalue weighted by Gasteiger charge is -2.35. The minimum Gasteiger partial charge on any atom is -0.492 e. The second-order valence-electron chi connectivity index (χ2n) is 8.56. The van der Waals surface area contributed by atoms with E-state index in [2.05, 4.69) is 32.0 Å². The first kappa shape index (κ1) is 23.4. The molecule has 4 aromatic heterocycles. The van der Waals surface area contributed by atoms with E-state index >= 15 is 0 Å². The van der Waals surface area contributed by atoms with Gasteiger partial charge in [0.25, 0.3) is 0 Å². The quantitative estimate of drug-likeness (QED) is 0.422. The molecule has 5 heterocycles. The van der Waals surface area contributed by atoms with Gasteiger partial charge in [-0.25, -0.2) is 14.5 Å². The highest BCUT2D eigenvalue weighted by atomic mass is 16.5. The molecule has 0 aromatic carbocycles. The number of hydrogen-bond donors (Lipinski definition) is 1. The van der Waals surface area contributed by atoms with Crippen molar-refractivity contribution in [3.05, 3.63) is 60.0 Å². The van der Waals surface area contributed by atoms with E-state index in [-0.39, 0.29) is 5.82 Å². The number of rotatable bonds is 7. The number of hydrogen-bond acceptors (Lipinski definition) is 9. The number of pyridine rings is 3. The van der Waals surface area contributed by atoms with Crippen molar-refractivity contribution >= 4 is 17.2 Å². The molecule has 1 fully saturated rings. The molecule has 1 saturated heterocycles. The predicted molar refractivity (Wildman–Crippen MR) is 137 cm³/mol. The van der Waals surface area contributed by atoms with Crippen molar-refractivity contribution in [3.63, 3.8) is 0 Å². The van der Waals surface area contributed by atoms with Crippen molar-refractivity contribution in [1.29, 1.82) is 5.26 Å². The molecule has 1 aliphatic heterocycles. The summed E-state index contributed by atoms with van der Waals surface area (Å²) in [6.45, 7) is 6.95. The third kappa shape index (κ3) is 4.61. The van der Waals surface area contributed by atoms with Crippen LogP contribution in [0, 0.1) is 11.3 Å². The van der Waals surface area contributed by atoms with Gasteiger partial charge in [0, 0.05) is 62.3 Å². The number of nitrogens with zero attached hydrogens (tertiary/aromatic N) is 7. The Labute approximate surface area is 209 Å². The molecule has 0 radical (unpaired) electrons. The van der Waals surface area contributed by atoms with Gasteiger partial charge in [0.05, 0.1) is 25.4 Å². The van der Waals surface area contributed by atoms with E-state index in [1.807, 2.05) is 43.6 Å². The Morgan fingerprint density at radius 3 is 2.56 bits per heavy atom. The van der Waals surface area contributed by atoms with Gasteiger partial charge in [-0.3, -0.25) is 4.90 Å². The van der Waals surface area contributed by atoms with Crippen LogP contribution in [0.3, 0.4) is 0 Å². The van der Waals surface area contributed by atoms with Gasteiger partial charge in [-0.2, -0.15) is 5.26 Å². The topological polar surface area (TPSA) is 118 Å². The van der Waals surface area contributed by atoms with Crippen molar-refractivity contribution < 1.29 is 9.47 Å². The van der Waals surface area contributed by atoms with Crippen LogP contribution in [0.1, 0.15) is 18.1 Å². The summed E-state index contributed by atoms with van der Waals surface area (Å²) in [6, 6.07) is 12.1. The Balaban J connectivity index is 1.32.